The molecular weight excluding hydrogens is 336 g/mol. The lowest BCUT2D eigenvalue weighted by Crippen LogP contribution is -2.26. The second kappa shape index (κ2) is 7.77. The molecule has 9 heteroatoms. The summed E-state index contributed by atoms with van der Waals surface area (Å²) >= 11 is 0. The molecule has 0 saturated heterocycles. The van der Waals surface area contributed by atoms with Crippen molar-refractivity contribution in [3.05, 3.63) is 52.0 Å². The van der Waals surface area contributed by atoms with Crippen LogP contribution in [-0.4, -0.2) is 37.1 Å². The van der Waals surface area contributed by atoms with Crippen molar-refractivity contribution in [1.82, 2.24) is 25.1 Å². The van der Waals surface area contributed by atoms with Gasteiger partial charge < -0.3 is 20.4 Å². The normalized spacial score (nSPS) is 11.0. The summed E-state index contributed by atoms with van der Waals surface area (Å²) in [6.45, 7) is 2.73. The number of imidazole rings is 1. The van der Waals surface area contributed by atoms with Gasteiger partial charge in [-0.1, -0.05) is 12.1 Å². The highest BCUT2D eigenvalue weighted by atomic mass is 16.6. The predicted molar refractivity (Wildman–Crippen MR) is 95.7 cm³/mol. The van der Waals surface area contributed by atoms with Gasteiger partial charge in [0.2, 0.25) is 5.91 Å². The van der Waals surface area contributed by atoms with Crippen LogP contribution in [0.5, 0.6) is 0 Å². The van der Waals surface area contributed by atoms with Crippen molar-refractivity contribution in [3.63, 3.8) is 0 Å². The minimum atomic E-state index is -0.520. The molecule has 3 rings (SSSR count). The summed E-state index contributed by atoms with van der Waals surface area (Å²) in [4.78, 5) is 29.8. The summed E-state index contributed by atoms with van der Waals surface area (Å²) in [6.07, 6.45) is 1.54. The summed E-state index contributed by atoms with van der Waals surface area (Å²) in [5, 5.41) is 17.5. The van der Waals surface area contributed by atoms with Crippen molar-refractivity contribution < 1.29 is 9.72 Å². The van der Waals surface area contributed by atoms with Crippen LogP contribution < -0.4 is 5.32 Å². The van der Waals surface area contributed by atoms with Gasteiger partial charge in [0.15, 0.2) is 0 Å². The van der Waals surface area contributed by atoms with Crippen molar-refractivity contribution in [2.75, 3.05) is 6.54 Å². The number of nitro groups is 1. The summed E-state index contributed by atoms with van der Waals surface area (Å²) in [5.74, 6) is 0.615. The van der Waals surface area contributed by atoms with Crippen LogP contribution in [0.15, 0.2) is 30.3 Å². The number of carbonyl (C=O) groups is 1. The Balaban J connectivity index is 1.39. The average molecular weight is 356 g/mol. The molecule has 136 valence electrons. The van der Waals surface area contributed by atoms with Gasteiger partial charge in [-0.2, -0.15) is 4.68 Å². The summed E-state index contributed by atoms with van der Waals surface area (Å²) < 4.78 is 1.56. The third-order valence-electron chi connectivity index (χ3n) is 4.05. The standard InChI is InChI=1S/C17H20N6O3/c1-12-11-16(23(25)26)21-22(12)10-4-7-17(24)18-9-8-15-19-13-5-2-3-6-14(13)20-15/h2-3,5-6,11H,4,7-10H2,1H3,(H,18,24)(H,19,20). The first kappa shape index (κ1) is 17.6. The highest BCUT2D eigenvalue weighted by molar-refractivity contribution is 5.76. The van der Waals surface area contributed by atoms with Gasteiger partial charge in [0.25, 0.3) is 0 Å². The molecule has 0 aliphatic carbocycles. The second-order valence-corrected chi connectivity index (χ2v) is 6.03. The highest BCUT2D eigenvalue weighted by Gasteiger charge is 2.15. The number of aromatic nitrogens is 4. The van der Waals surface area contributed by atoms with Crippen LogP contribution >= 0.6 is 0 Å². The van der Waals surface area contributed by atoms with Gasteiger partial charge in [0.1, 0.15) is 5.82 Å². The highest BCUT2D eigenvalue weighted by Crippen LogP contribution is 2.12. The molecule has 1 amide bonds. The maximum atomic E-state index is 11.9. The maximum absolute atomic E-state index is 11.9. The minimum absolute atomic E-state index is 0.0552. The number of amides is 1. The van der Waals surface area contributed by atoms with Gasteiger partial charge in [0.05, 0.1) is 34.4 Å². The van der Waals surface area contributed by atoms with Crippen LogP contribution in [0.2, 0.25) is 0 Å². The molecule has 0 saturated carbocycles. The number of nitrogens with zero attached hydrogens (tertiary/aromatic N) is 4. The molecule has 0 unspecified atom stereocenters. The SMILES string of the molecule is Cc1cc([N+](=O)[O-])nn1CCCC(=O)NCCc1nc2ccccc2[nH]1. The lowest BCUT2D eigenvalue weighted by atomic mass is 10.3. The van der Waals surface area contributed by atoms with E-state index in [0.29, 0.717) is 38.0 Å². The number of nitrogens with one attached hydrogen (secondary N) is 2. The Morgan fingerprint density at radius 2 is 2.19 bits per heavy atom. The van der Waals surface area contributed by atoms with E-state index in [1.54, 1.807) is 11.6 Å². The molecule has 0 atom stereocenters. The Morgan fingerprint density at radius 3 is 2.92 bits per heavy atom. The first-order valence-corrected chi connectivity index (χ1v) is 8.42. The average Bonchev–Trinajstić information content (AvgIpc) is 3.18. The molecule has 26 heavy (non-hydrogen) atoms. The molecule has 0 bridgehead atoms. The fraction of sp³-hybridized carbons (Fsp3) is 0.353. The number of hydrogen-bond donors (Lipinski definition) is 2. The Kier molecular flexibility index (Phi) is 5.26. The first-order chi connectivity index (χ1) is 12.5. The van der Waals surface area contributed by atoms with Crippen LogP contribution in [0, 0.1) is 17.0 Å². The molecule has 0 aliphatic heterocycles. The van der Waals surface area contributed by atoms with Crippen LogP contribution in [0.3, 0.4) is 0 Å². The smallest absolute Gasteiger partial charge is 0.358 e. The van der Waals surface area contributed by atoms with E-state index >= 15 is 0 Å². The predicted octanol–water partition coefficient (Wildman–Crippen LogP) is 2.12. The molecule has 1 aromatic carbocycles. The van der Waals surface area contributed by atoms with E-state index < -0.39 is 4.92 Å². The van der Waals surface area contributed by atoms with E-state index in [9.17, 15) is 14.9 Å². The molecule has 0 fully saturated rings. The fourth-order valence-corrected chi connectivity index (χ4v) is 2.73. The first-order valence-electron chi connectivity index (χ1n) is 8.42. The number of rotatable bonds is 8. The van der Waals surface area contributed by atoms with Gasteiger partial charge in [0, 0.05) is 19.4 Å². The van der Waals surface area contributed by atoms with E-state index in [4.69, 9.17) is 0 Å². The number of aryl methyl sites for hydroxylation is 2. The van der Waals surface area contributed by atoms with Crippen molar-refractivity contribution in [1.29, 1.82) is 0 Å². The Morgan fingerprint density at radius 1 is 1.38 bits per heavy atom. The van der Waals surface area contributed by atoms with Crippen LogP contribution in [0.25, 0.3) is 11.0 Å². The minimum Gasteiger partial charge on any atom is -0.358 e. The van der Waals surface area contributed by atoms with E-state index in [0.717, 1.165) is 16.9 Å². The van der Waals surface area contributed by atoms with Gasteiger partial charge >= 0.3 is 5.82 Å². The summed E-state index contributed by atoms with van der Waals surface area (Å²) in [7, 11) is 0. The van der Waals surface area contributed by atoms with Gasteiger partial charge in [-0.3, -0.25) is 4.79 Å². The molecule has 3 aromatic rings. The number of carbonyl (C=O) groups excluding carboxylic acids is 1. The van der Waals surface area contributed by atoms with Crippen molar-refractivity contribution >= 4 is 22.8 Å². The van der Waals surface area contributed by atoms with Crippen LogP contribution in [-0.2, 0) is 17.8 Å². The lowest BCUT2D eigenvalue weighted by molar-refractivity contribution is -0.389. The third-order valence-corrected chi connectivity index (χ3v) is 4.05. The van der Waals surface area contributed by atoms with Gasteiger partial charge in [-0.25, -0.2) is 4.98 Å². The van der Waals surface area contributed by atoms with Crippen LogP contribution in [0.4, 0.5) is 5.82 Å². The Hall–Kier alpha value is -3.23. The van der Waals surface area contributed by atoms with E-state index in [-0.39, 0.29) is 11.7 Å². The zero-order valence-electron chi connectivity index (χ0n) is 14.4. The molecule has 2 heterocycles. The molecule has 0 spiro atoms. The van der Waals surface area contributed by atoms with Gasteiger partial charge in [-0.05, 0) is 30.4 Å². The van der Waals surface area contributed by atoms with E-state index in [1.807, 2.05) is 24.3 Å². The van der Waals surface area contributed by atoms with E-state index in [2.05, 4.69) is 20.4 Å². The van der Waals surface area contributed by atoms with E-state index in [1.165, 1.54) is 6.07 Å². The van der Waals surface area contributed by atoms with Crippen molar-refractivity contribution in [2.45, 2.75) is 32.7 Å². The van der Waals surface area contributed by atoms with Crippen molar-refractivity contribution in [3.8, 4) is 0 Å². The topological polar surface area (TPSA) is 119 Å². The molecule has 0 radical (unpaired) electrons. The molecular formula is C17H20N6O3. The number of hydrogen-bond acceptors (Lipinski definition) is 5. The monoisotopic (exact) mass is 356 g/mol. The Labute approximate surface area is 149 Å². The lowest BCUT2D eigenvalue weighted by Gasteiger charge is -2.04. The third kappa shape index (κ3) is 4.24. The maximum Gasteiger partial charge on any atom is 0.390 e. The van der Waals surface area contributed by atoms with Gasteiger partial charge in [-0.15, -0.1) is 0 Å². The summed E-state index contributed by atoms with van der Waals surface area (Å²) in [6, 6.07) is 9.21. The van der Waals surface area contributed by atoms with Crippen LogP contribution in [0.1, 0.15) is 24.4 Å². The molecule has 0 aliphatic rings. The molecule has 2 aromatic heterocycles. The number of H-pyrrole nitrogens is 1. The second-order valence-electron chi connectivity index (χ2n) is 6.03. The number of benzene rings is 1. The number of aromatic amines is 1. The zero-order chi connectivity index (χ0) is 18.5. The fourth-order valence-electron chi connectivity index (χ4n) is 2.73. The molecule has 2 N–H and O–H groups in total. The van der Waals surface area contributed by atoms with Crippen molar-refractivity contribution in [2.24, 2.45) is 0 Å². The quantitative estimate of drug-likeness (QED) is 0.473. The number of fused-ring (bicyclic) bond motifs is 1. The Bertz CT molecular complexity index is 897. The zero-order valence-corrected chi connectivity index (χ0v) is 14.4. The molecule has 9 nitrogen and oxygen atoms in total. The number of para-hydroxylation sites is 2. The largest absolute Gasteiger partial charge is 0.390 e. The summed E-state index contributed by atoms with van der Waals surface area (Å²) in [5.41, 5.74) is 2.61.